The van der Waals surface area contributed by atoms with Crippen molar-refractivity contribution >= 4 is 23.0 Å². The summed E-state index contributed by atoms with van der Waals surface area (Å²) in [7, 11) is 0. The number of nitrogens with one attached hydrogen (secondary N) is 1. The second-order valence-corrected chi connectivity index (χ2v) is 4.14. The summed E-state index contributed by atoms with van der Waals surface area (Å²) in [5, 5.41) is 4.17. The number of benzene rings is 2. The van der Waals surface area contributed by atoms with Gasteiger partial charge in [0.1, 0.15) is 0 Å². The van der Waals surface area contributed by atoms with Crippen molar-refractivity contribution in [3.05, 3.63) is 58.6 Å². The maximum absolute atomic E-state index is 6.15. The fourth-order valence-electron chi connectivity index (χ4n) is 1.99. The van der Waals surface area contributed by atoms with Crippen molar-refractivity contribution in [1.82, 2.24) is 0 Å². The molecule has 1 N–H and O–H groups in total. The molecule has 0 saturated heterocycles. The predicted octanol–water partition coefficient (Wildman–Crippen LogP) is 3.99. The zero-order valence-electron chi connectivity index (χ0n) is 8.13. The lowest BCUT2D eigenvalue weighted by Crippen LogP contribution is -2.06. The van der Waals surface area contributed by atoms with Crippen LogP contribution < -0.4 is 5.32 Å². The van der Waals surface area contributed by atoms with Gasteiger partial charge in [-0.15, -0.1) is 0 Å². The molecule has 2 aromatic rings. The van der Waals surface area contributed by atoms with E-state index >= 15 is 0 Å². The van der Waals surface area contributed by atoms with Crippen LogP contribution in [0, 0.1) is 0 Å². The number of para-hydroxylation sites is 2. The van der Waals surface area contributed by atoms with E-state index < -0.39 is 0 Å². The molecule has 3 rings (SSSR count). The summed E-state index contributed by atoms with van der Waals surface area (Å²) in [6.45, 7) is 0. The van der Waals surface area contributed by atoms with Crippen LogP contribution in [0.2, 0.25) is 5.02 Å². The summed E-state index contributed by atoms with van der Waals surface area (Å²) in [6, 6.07) is 14.4. The van der Waals surface area contributed by atoms with Crippen molar-refractivity contribution in [2.24, 2.45) is 0 Å². The van der Waals surface area contributed by atoms with Gasteiger partial charge in [0.15, 0.2) is 0 Å². The minimum atomic E-state index is 0.794. The molecule has 0 amide bonds. The van der Waals surface area contributed by atoms with Gasteiger partial charge in [-0.1, -0.05) is 41.9 Å². The first-order chi connectivity index (χ1) is 7.34. The molecule has 0 bridgehead atoms. The van der Waals surface area contributed by atoms with Crippen LogP contribution in [-0.2, 0) is 6.42 Å². The van der Waals surface area contributed by atoms with Crippen LogP contribution in [0.1, 0.15) is 11.1 Å². The minimum Gasteiger partial charge on any atom is -0.354 e. The van der Waals surface area contributed by atoms with Crippen LogP contribution in [0.3, 0.4) is 0 Å². The Labute approximate surface area is 93.7 Å². The molecule has 0 radical (unpaired) electrons. The normalized spacial score (nSPS) is 12.6. The molecular formula is C13H10ClN. The van der Waals surface area contributed by atoms with Crippen molar-refractivity contribution in [3.8, 4) is 0 Å². The first-order valence-electron chi connectivity index (χ1n) is 4.97. The molecule has 1 aliphatic heterocycles. The number of hydrogen-bond donors (Lipinski definition) is 1. The van der Waals surface area contributed by atoms with Gasteiger partial charge in [0.2, 0.25) is 0 Å². The van der Waals surface area contributed by atoms with Gasteiger partial charge in [0.05, 0.1) is 10.7 Å². The average Bonchev–Trinajstić information content (AvgIpc) is 2.27. The molecule has 0 saturated carbocycles. The van der Waals surface area contributed by atoms with Gasteiger partial charge in [-0.2, -0.15) is 0 Å². The van der Waals surface area contributed by atoms with Crippen LogP contribution in [0.25, 0.3) is 0 Å². The SMILES string of the molecule is Clc1cccc2c1Nc1ccccc1C2. The molecule has 1 aliphatic rings. The quantitative estimate of drug-likeness (QED) is 0.598. The molecule has 2 aromatic carbocycles. The average molecular weight is 216 g/mol. The van der Waals surface area contributed by atoms with Gasteiger partial charge in [-0.05, 0) is 23.3 Å². The molecule has 0 fully saturated rings. The fraction of sp³-hybridized carbons (Fsp3) is 0.0769. The largest absolute Gasteiger partial charge is 0.354 e. The zero-order chi connectivity index (χ0) is 10.3. The first kappa shape index (κ1) is 8.81. The van der Waals surface area contributed by atoms with Crippen LogP contribution in [0.5, 0.6) is 0 Å². The van der Waals surface area contributed by atoms with Gasteiger partial charge >= 0.3 is 0 Å². The van der Waals surface area contributed by atoms with Crippen molar-refractivity contribution in [3.63, 3.8) is 0 Å². The Bertz CT molecular complexity index is 520. The number of fused-ring (bicyclic) bond motifs is 2. The predicted molar refractivity (Wildman–Crippen MR) is 64.0 cm³/mol. The van der Waals surface area contributed by atoms with E-state index in [-0.39, 0.29) is 0 Å². The third-order valence-corrected chi connectivity index (χ3v) is 3.07. The summed E-state index contributed by atoms with van der Waals surface area (Å²) < 4.78 is 0. The van der Waals surface area contributed by atoms with Crippen molar-refractivity contribution in [1.29, 1.82) is 0 Å². The molecule has 1 heterocycles. The van der Waals surface area contributed by atoms with Crippen molar-refractivity contribution in [2.75, 3.05) is 5.32 Å². The molecule has 0 unspecified atom stereocenters. The highest BCUT2D eigenvalue weighted by atomic mass is 35.5. The fourth-order valence-corrected chi connectivity index (χ4v) is 2.23. The molecule has 0 aromatic heterocycles. The summed E-state index contributed by atoms with van der Waals surface area (Å²) in [6.07, 6.45) is 0.957. The summed E-state index contributed by atoms with van der Waals surface area (Å²) in [5.74, 6) is 0. The Kier molecular flexibility index (Phi) is 1.93. The van der Waals surface area contributed by atoms with Gasteiger partial charge in [-0.3, -0.25) is 0 Å². The summed E-state index contributed by atoms with van der Waals surface area (Å²) in [4.78, 5) is 0. The van der Waals surface area contributed by atoms with Crippen molar-refractivity contribution < 1.29 is 0 Å². The highest BCUT2D eigenvalue weighted by Crippen LogP contribution is 2.36. The minimum absolute atomic E-state index is 0.794. The second-order valence-electron chi connectivity index (χ2n) is 3.73. The molecule has 1 nitrogen and oxygen atoms in total. The molecule has 74 valence electrons. The van der Waals surface area contributed by atoms with Crippen molar-refractivity contribution in [2.45, 2.75) is 6.42 Å². The maximum atomic E-state index is 6.15. The second kappa shape index (κ2) is 3.28. The van der Waals surface area contributed by atoms with E-state index in [0.717, 1.165) is 22.8 Å². The smallest absolute Gasteiger partial charge is 0.0643 e. The van der Waals surface area contributed by atoms with Gasteiger partial charge < -0.3 is 5.32 Å². The zero-order valence-corrected chi connectivity index (χ0v) is 8.88. The standard InChI is InChI=1S/C13H10ClN/c14-11-6-3-5-10-8-9-4-1-2-7-12(9)15-13(10)11/h1-7,15H,8H2. The van der Waals surface area contributed by atoms with E-state index in [1.807, 2.05) is 18.2 Å². The third kappa shape index (κ3) is 1.40. The van der Waals surface area contributed by atoms with Crippen LogP contribution >= 0.6 is 11.6 Å². The van der Waals surface area contributed by atoms with E-state index in [0.29, 0.717) is 0 Å². The number of anilines is 2. The summed E-state index contributed by atoms with van der Waals surface area (Å²) >= 11 is 6.15. The van der Waals surface area contributed by atoms with Gasteiger partial charge in [0, 0.05) is 12.1 Å². The topological polar surface area (TPSA) is 12.0 Å². The molecule has 0 atom stereocenters. The first-order valence-corrected chi connectivity index (χ1v) is 5.35. The number of hydrogen-bond acceptors (Lipinski definition) is 1. The van der Waals surface area contributed by atoms with E-state index in [9.17, 15) is 0 Å². The number of halogens is 1. The highest BCUT2D eigenvalue weighted by molar-refractivity contribution is 6.33. The molecule has 15 heavy (non-hydrogen) atoms. The van der Waals surface area contributed by atoms with E-state index in [2.05, 4.69) is 29.6 Å². The molecule has 0 aliphatic carbocycles. The molecule has 2 heteroatoms. The Morgan fingerprint density at radius 1 is 0.933 bits per heavy atom. The third-order valence-electron chi connectivity index (χ3n) is 2.76. The monoisotopic (exact) mass is 215 g/mol. The Morgan fingerprint density at radius 2 is 1.73 bits per heavy atom. The summed E-state index contributed by atoms with van der Waals surface area (Å²) in [5.41, 5.74) is 4.81. The molecular weight excluding hydrogens is 206 g/mol. The van der Waals surface area contributed by atoms with E-state index in [4.69, 9.17) is 11.6 Å². The maximum Gasteiger partial charge on any atom is 0.0643 e. The Balaban J connectivity index is 2.15. The van der Waals surface area contributed by atoms with Crippen LogP contribution in [0.4, 0.5) is 11.4 Å². The highest BCUT2D eigenvalue weighted by Gasteiger charge is 2.15. The molecule has 0 spiro atoms. The van der Waals surface area contributed by atoms with Crippen LogP contribution in [0.15, 0.2) is 42.5 Å². The lowest BCUT2D eigenvalue weighted by molar-refractivity contribution is 1.16. The number of rotatable bonds is 0. The lowest BCUT2D eigenvalue weighted by Gasteiger charge is -2.22. The Morgan fingerprint density at radius 3 is 2.67 bits per heavy atom. The van der Waals surface area contributed by atoms with Gasteiger partial charge in [0.25, 0.3) is 0 Å². The van der Waals surface area contributed by atoms with E-state index in [1.54, 1.807) is 0 Å². The van der Waals surface area contributed by atoms with Crippen LogP contribution in [-0.4, -0.2) is 0 Å². The van der Waals surface area contributed by atoms with Gasteiger partial charge in [-0.25, -0.2) is 0 Å². The lowest BCUT2D eigenvalue weighted by atomic mass is 9.97. The Hall–Kier alpha value is -1.47. The van der Waals surface area contributed by atoms with E-state index in [1.165, 1.54) is 11.1 Å².